The summed E-state index contributed by atoms with van der Waals surface area (Å²) in [5, 5.41) is 0. The summed E-state index contributed by atoms with van der Waals surface area (Å²) >= 11 is 0. The van der Waals surface area contributed by atoms with Crippen LogP contribution in [0.3, 0.4) is 0 Å². The second-order valence-corrected chi connectivity index (χ2v) is 5.83. The zero-order valence-corrected chi connectivity index (χ0v) is 11.5. The minimum Gasteiger partial charge on any atom is -0.349 e. The Morgan fingerprint density at radius 3 is 2.33 bits per heavy atom. The highest BCUT2D eigenvalue weighted by atomic mass is 16.2. The van der Waals surface area contributed by atoms with Crippen LogP contribution in [0, 0.1) is 5.92 Å². The zero-order chi connectivity index (χ0) is 13.1. The minimum absolute atomic E-state index is 0.0967. The summed E-state index contributed by atoms with van der Waals surface area (Å²) < 4.78 is 0. The monoisotopic (exact) mass is 252 g/mol. The summed E-state index contributed by atoms with van der Waals surface area (Å²) in [6, 6.07) is 0.389. The van der Waals surface area contributed by atoms with Crippen LogP contribution in [0.25, 0.3) is 0 Å². The van der Waals surface area contributed by atoms with Crippen molar-refractivity contribution in [2.45, 2.75) is 51.0 Å². The Morgan fingerprint density at radius 2 is 1.78 bits per heavy atom. The highest BCUT2D eigenvalue weighted by Crippen LogP contribution is 2.28. The van der Waals surface area contributed by atoms with Gasteiger partial charge in [-0.25, -0.2) is 0 Å². The van der Waals surface area contributed by atoms with E-state index in [0.29, 0.717) is 19.0 Å². The molecule has 1 aliphatic carbocycles. The van der Waals surface area contributed by atoms with Gasteiger partial charge in [0.25, 0.3) is 0 Å². The van der Waals surface area contributed by atoms with E-state index in [1.807, 2.05) is 4.90 Å². The maximum atomic E-state index is 12.1. The second-order valence-electron chi connectivity index (χ2n) is 5.83. The topological polar surface area (TPSA) is 40.6 Å². The van der Waals surface area contributed by atoms with Crippen molar-refractivity contribution < 1.29 is 9.59 Å². The molecular weight excluding hydrogens is 228 g/mol. The third-order valence-corrected chi connectivity index (χ3v) is 4.21. The van der Waals surface area contributed by atoms with Gasteiger partial charge in [-0.05, 0) is 12.8 Å². The van der Waals surface area contributed by atoms with Gasteiger partial charge in [-0.15, -0.1) is 0 Å². The van der Waals surface area contributed by atoms with Crippen LogP contribution in [0.5, 0.6) is 0 Å². The average molecular weight is 252 g/mol. The van der Waals surface area contributed by atoms with Crippen molar-refractivity contribution in [1.29, 1.82) is 0 Å². The maximum absolute atomic E-state index is 12.1. The second kappa shape index (κ2) is 5.72. The highest BCUT2D eigenvalue weighted by Gasteiger charge is 2.38. The summed E-state index contributed by atoms with van der Waals surface area (Å²) in [5.41, 5.74) is 0. The van der Waals surface area contributed by atoms with Gasteiger partial charge in [-0.3, -0.25) is 9.59 Å². The molecule has 0 aromatic rings. The van der Waals surface area contributed by atoms with Crippen LogP contribution in [0.15, 0.2) is 0 Å². The predicted octanol–water partition coefficient (Wildman–Crippen LogP) is 1.65. The third-order valence-electron chi connectivity index (χ3n) is 4.21. The molecule has 1 heterocycles. The van der Waals surface area contributed by atoms with E-state index in [1.165, 1.54) is 25.7 Å². The van der Waals surface area contributed by atoms with E-state index in [1.54, 1.807) is 19.0 Å². The van der Waals surface area contributed by atoms with Crippen molar-refractivity contribution in [3.8, 4) is 0 Å². The summed E-state index contributed by atoms with van der Waals surface area (Å²) in [6.45, 7) is 0.639. The fourth-order valence-corrected chi connectivity index (χ4v) is 3.18. The van der Waals surface area contributed by atoms with Gasteiger partial charge in [-0.2, -0.15) is 0 Å². The highest BCUT2D eigenvalue weighted by molar-refractivity contribution is 5.89. The lowest BCUT2D eigenvalue weighted by Crippen LogP contribution is -2.37. The lowest BCUT2D eigenvalue weighted by atomic mass is 10.1. The molecule has 102 valence electrons. The molecule has 2 amide bonds. The van der Waals surface area contributed by atoms with Crippen molar-refractivity contribution in [3.05, 3.63) is 0 Å². The van der Waals surface area contributed by atoms with Gasteiger partial charge in [0, 0.05) is 33.1 Å². The first-order valence-corrected chi connectivity index (χ1v) is 7.10. The van der Waals surface area contributed by atoms with Crippen LogP contribution in [0.1, 0.15) is 44.9 Å². The van der Waals surface area contributed by atoms with Gasteiger partial charge in [0.15, 0.2) is 0 Å². The third kappa shape index (κ3) is 2.85. The van der Waals surface area contributed by atoms with Crippen molar-refractivity contribution in [3.63, 3.8) is 0 Å². The Bertz CT molecular complexity index is 320. The van der Waals surface area contributed by atoms with Crippen molar-refractivity contribution in [2.75, 3.05) is 20.6 Å². The standard InChI is InChI=1S/C14H24N2O2/c1-15(2)14(18)11-9-13(17)16(10-11)12-7-5-3-4-6-8-12/h11-12H,3-10H2,1-2H3. The summed E-state index contributed by atoms with van der Waals surface area (Å²) in [5.74, 6) is 0.164. The number of nitrogens with zero attached hydrogens (tertiary/aromatic N) is 2. The molecule has 0 radical (unpaired) electrons. The summed E-state index contributed by atoms with van der Waals surface area (Å²) in [7, 11) is 3.53. The van der Waals surface area contributed by atoms with Crippen molar-refractivity contribution in [2.24, 2.45) is 5.92 Å². The first-order chi connectivity index (χ1) is 8.59. The van der Waals surface area contributed by atoms with Crippen LogP contribution in [0.2, 0.25) is 0 Å². The number of carbonyl (C=O) groups is 2. The molecule has 0 spiro atoms. The van der Waals surface area contributed by atoms with Gasteiger partial charge >= 0.3 is 0 Å². The Kier molecular flexibility index (Phi) is 4.25. The van der Waals surface area contributed by atoms with E-state index >= 15 is 0 Å². The molecule has 0 aromatic heterocycles. The fraction of sp³-hybridized carbons (Fsp3) is 0.857. The van der Waals surface area contributed by atoms with E-state index < -0.39 is 0 Å². The lowest BCUT2D eigenvalue weighted by molar-refractivity contribution is -0.133. The average Bonchev–Trinajstić information content (AvgIpc) is 2.56. The van der Waals surface area contributed by atoms with Gasteiger partial charge in [0.2, 0.25) is 11.8 Å². The minimum atomic E-state index is -0.115. The molecule has 4 nitrogen and oxygen atoms in total. The quantitative estimate of drug-likeness (QED) is 0.701. The van der Waals surface area contributed by atoms with Gasteiger partial charge < -0.3 is 9.80 Å². The van der Waals surface area contributed by atoms with Crippen LogP contribution in [-0.4, -0.2) is 48.3 Å². The Labute approximate surface area is 109 Å². The van der Waals surface area contributed by atoms with Crippen LogP contribution < -0.4 is 0 Å². The number of carbonyl (C=O) groups excluding carboxylic acids is 2. The SMILES string of the molecule is CN(C)C(=O)C1CC(=O)N(C2CCCCCC2)C1. The molecule has 18 heavy (non-hydrogen) atoms. The Hall–Kier alpha value is -1.06. The molecule has 2 fully saturated rings. The summed E-state index contributed by atoms with van der Waals surface area (Å²) in [6.07, 6.45) is 7.68. The molecule has 1 unspecified atom stereocenters. The summed E-state index contributed by atoms with van der Waals surface area (Å²) in [4.78, 5) is 27.6. The van der Waals surface area contributed by atoms with E-state index in [9.17, 15) is 9.59 Å². The number of rotatable bonds is 2. The molecule has 1 atom stereocenters. The lowest BCUT2D eigenvalue weighted by Gasteiger charge is -2.27. The molecule has 1 aliphatic heterocycles. The maximum Gasteiger partial charge on any atom is 0.227 e. The molecule has 2 aliphatic rings. The molecule has 4 heteroatoms. The number of hydrogen-bond donors (Lipinski definition) is 0. The first-order valence-electron chi connectivity index (χ1n) is 7.10. The molecule has 1 saturated heterocycles. The number of hydrogen-bond acceptors (Lipinski definition) is 2. The van der Waals surface area contributed by atoms with Gasteiger partial charge in [0.1, 0.15) is 0 Å². The van der Waals surface area contributed by atoms with Crippen molar-refractivity contribution in [1.82, 2.24) is 9.80 Å². The van der Waals surface area contributed by atoms with Crippen LogP contribution in [-0.2, 0) is 9.59 Å². The zero-order valence-electron chi connectivity index (χ0n) is 11.5. The fourth-order valence-electron chi connectivity index (χ4n) is 3.18. The largest absolute Gasteiger partial charge is 0.349 e. The van der Waals surface area contributed by atoms with E-state index in [4.69, 9.17) is 0 Å². The first kappa shape index (κ1) is 13.4. The molecule has 2 rings (SSSR count). The molecular formula is C14H24N2O2. The number of amides is 2. The smallest absolute Gasteiger partial charge is 0.227 e. The van der Waals surface area contributed by atoms with E-state index in [0.717, 1.165) is 12.8 Å². The Morgan fingerprint density at radius 1 is 1.17 bits per heavy atom. The predicted molar refractivity (Wildman–Crippen MR) is 70.0 cm³/mol. The normalized spacial score (nSPS) is 26.2. The van der Waals surface area contributed by atoms with Crippen LogP contribution in [0.4, 0.5) is 0 Å². The van der Waals surface area contributed by atoms with Gasteiger partial charge in [0.05, 0.1) is 5.92 Å². The van der Waals surface area contributed by atoms with Gasteiger partial charge in [-0.1, -0.05) is 25.7 Å². The molecule has 0 aromatic carbocycles. The Balaban J connectivity index is 1.97. The van der Waals surface area contributed by atoms with Crippen LogP contribution >= 0.6 is 0 Å². The number of likely N-dealkylation sites (tertiary alicyclic amines) is 1. The molecule has 0 bridgehead atoms. The van der Waals surface area contributed by atoms with Crippen molar-refractivity contribution >= 4 is 11.8 Å². The van der Waals surface area contributed by atoms with E-state index in [2.05, 4.69) is 0 Å². The van der Waals surface area contributed by atoms with E-state index in [-0.39, 0.29) is 17.7 Å². The molecule has 0 N–H and O–H groups in total. The molecule has 1 saturated carbocycles.